The van der Waals surface area contributed by atoms with Gasteiger partial charge in [-0.15, -0.1) is 0 Å². The minimum absolute atomic E-state index is 0.0190. The molecule has 10 heteroatoms. The number of benzene rings is 2. The number of hydrogen-bond donors (Lipinski definition) is 3. The molecule has 0 radical (unpaired) electrons. The van der Waals surface area contributed by atoms with E-state index in [4.69, 9.17) is 31.1 Å². The summed E-state index contributed by atoms with van der Waals surface area (Å²) in [5.41, 5.74) is 12.6. The van der Waals surface area contributed by atoms with E-state index in [-0.39, 0.29) is 47.9 Å². The number of hydrogen-bond acceptors (Lipinski definition) is 8. The summed E-state index contributed by atoms with van der Waals surface area (Å²) in [6.45, 7) is 3.95. The molecular weight excluding hydrogens is 467 g/mol. The minimum Gasteiger partial charge on any atom is -0.488 e. The molecular formula is C26H31FN4O5. The Bertz CT molecular complexity index is 1150. The number of anilines is 1. The zero-order valence-corrected chi connectivity index (χ0v) is 20.4. The average Bonchev–Trinajstić information content (AvgIpc) is 2.89. The van der Waals surface area contributed by atoms with E-state index in [1.807, 2.05) is 6.92 Å². The number of nitrogens with zero attached hydrogens (tertiary/aromatic N) is 1. The van der Waals surface area contributed by atoms with Gasteiger partial charge in [-0.1, -0.05) is 19.1 Å². The highest BCUT2D eigenvalue weighted by molar-refractivity contribution is 6.50. The number of ether oxygens (including phenoxy) is 3. The van der Waals surface area contributed by atoms with Crippen LogP contribution in [-0.4, -0.2) is 68.4 Å². The molecule has 9 nitrogen and oxygen atoms in total. The summed E-state index contributed by atoms with van der Waals surface area (Å²) in [6.07, 6.45) is 1.88. The fourth-order valence-electron chi connectivity index (χ4n) is 3.79. The highest BCUT2D eigenvalue weighted by Gasteiger charge is 2.26. The van der Waals surface area contributed by atoms with Crippen molar-refractivity contribution < 1.29 is 28.2 Å². The molecule has 1 aliphatic rings. The molecule has 1 saturated heterocycles. The van der Waals surface area contributed by atoms with Gasteiger partial charge in [0.1, 0.15) is 12.3 Å². The van der Waals surface area contributed by atoms with Crippen molar-refractivity contribution in [2.24, 2.45) is 5.73 Å². The van der Waals surface area contributed by atoms with Crippen LogP contribution in [0.3, 0.4) is 0 Å². The second kappa shape index (κ2) is 12.3. The fraction of sp³-hybridized carbons (Fsp3) is 0.346. The van der Waals surface area contributed by atoms with Gasteiger partial charge in [0.15, 0.2) is 11.6 Å². The van der Waals surface area contributed by atoms with E-state index in [0.29, 0.717) is 30.9 Å². The van der Waals surface area contributed by atoms with Gasteiger partial charge in [-0.05, 0) is 30.2 Å². The molecule has 1 aliphatic heterocycles. The first kappa shape index (κ1) is 26.8. The number of nitrogen functional groups attached to an aromatic ring is 1. The van der Waals surface area contributed by atoms with Gasteiger partial charge in [-0.25, -0.2) is 4.39 Å². The topological polar surface area (TPSA) is 141 Å². The standard InChI is InChI=1S/C26H31FN4O5/c1-3-18-15-35-9-8-31(18)26(33)17-6-4-16(5-7-17)21(28)13-23(32)25(30)19-12-20(27)24(14-22(19)29)36-11-10-34-2/h4-7,12-14,18,30H,3,8-11,15,28-29H2,1-2H3/b21-13-,30-25?/t18-/m0/s1. The van der Waals surface area contributed by atoms with Crippen LogP contribution in [-0.2, 0) is 14.3 Å². The molecule has 0 unspecified atom stereocenters. The van der Waals surface area contributed by atoms with Gasteiger partial charge in [0.25, 0.3) is 5.91 Å². The molecule has 2 aromatic rings. The molecule has 1 heterocycles. The van der Waals surface area contributed by atoms with Gasteiger partial charge in [0.05, 0.1) is 25.9 Å². The normalized spacial score (nSPS) is 16.0. The predicted molar refractivity (Wildman–Crippen MR) is 135 cm³/mol. The van der Waals surface area contributed by atoms with E-state index in [2.05, 4.69) is 0 Å². The summed E-state index contributed by atoms with van der Waals surface area (Å²) >= 11 is 0. The maximum absolute atomic E-state index is 14.4. The van der Waals surface area contributed by atoms with Crippen LogP contribution in [0.5, 0.6) is 5.75 Å². The number of morpholine rings is 1. The van der Waals surface area contributed by atoms with E-state index in [1.54, 1.807) is 29.2 Å². The molecule has 3 rings (SSSR count). The summed E-state index contributed by atoms with van der Waals surface area (Å²) in [5.74, 6) is -1.69. The van der Waals surface area contributed by atoms with Crippen LogP contribution in [0.15, 0.2) is 42.5 Å². The minimum atomic E-state index is -0.754. The van der Waals surface area contributed by atoms with Gasteiger partial charge in [0, 0.05) is 48.3 Å². The van der Waals surface area contributed by atoms with Crippen molar-refractivity contribution in [2.75, 3.05) is 45.8 Å². The first-order chi connectivity index (χ1) is 17.3. The zero-order valence-electron chi connectivity index (χ0n) is 20.4. The summed E-state index contributed by atoms with van der Waals surface area (Å²) in [5, 5.41) is 8.19. The third-order valence-electron chi connectivity index (χ3n) is 5.88. The van der Waals surface area contributed by atoms with Crippen molar-refractivity contribution >= 4 is 28.8 Å². The Morgan fingerprint density at radius 3 is 2.58 bits per heavy atom. The highest BCUT2D eigenvalue weighted by Crippen LogP contribution is 2.25. The zero-order chi connectivity index (χ0) is 26.2. The van der Waals surface area contributed by atoms with Crippen molar-refractivity contribution in [2.45, 2.75) is 19.4 Å². The van der Waals surface area contributed by atoms with Crippen LogP contribution >= 0.6 is 0 Å². The van der Waals surface area contributed by atoms with Gasteiger partial charge in [-0.3, -0.25) is 15.0 Å². The lowest BCUT2D eigenvalue weighted by Gasteiger charge is -2.35. The number of nitrogens with two attached hydrogens (primary N) is 2. The lowest BCUT2D eigenvalue weighted by molar-refractivity contribution is -0.108. The Morgan fingerprint density at radius 1 is 1.22 bits per heavy atom. The highest BCUT2D eigenvalue weighted by atomic mass is 19.1. The third-order valence-corrected chi connectivity index (χ3v) is 5.88. The Kier molecular flexibility index (Phi) is 9.15. The number of methoxy groups -OCH3 is 1. The smallest absolute Gasteiger partial charge is 0.254 e. The number of ketones is 1. The Morgan fingerprint density at radius 2 is 1.92 bits per heavy atom. The number of amides is 1. The molecule has 0 saturated carbocycles. The molecule has 192 valence electrons. The van der Waals surface area contributed by atoms with Crippen LogP contribution in [0.25, 0.3) is 5.70 Å². The number of carbonyl (C=O) groups excluding carboxylic acids is 2. The SMILES string of the molecule is CC[C@H]1COCCN1C(=O)c1ccc(/C(N)=C/C(=O)C(=N)c2cc(F)c(OCCOC)cc2N)cc1. The molecule has 1 atom stereocenters. The molecule has 0 aliphatic carbocycles. The molecule has 0 aromatic heterocycles. The van der Waals surface area contributed by atoms with Crippen LogP contribution < -0.4 is 16.2 Å². The molecule has 2 aromatic carbocycles. The summed E-state index contributed by atoms with van der Waals surface area (Å²) in [7, 11) is 1.49. The number of carbonyl (C=O) groups is 2. The van der Waals surface area contributed by atoms with Gasteiger partial charge in [-0.2, -0.15) is 0 Å². The molecule has 1 fully saturated rings. The van der Waals surface area contributed by atoms with E-state index in [9.17, 15) is 14.0 Å². The maximum atomic E-state index is 14.4. The van der Waals surface area contributed by atoms with Crippen molar-refractivity contribution in [1.82, 2.24) is 4.90 Å². The van der Waals surface area contributed by atoms with E-state index in [0.717, 1.165) is 18.6 Å². The van der Waals surface area contributed by atoms with Gasteiger partial charge < -0.3 is 30.6 Å². The van der Waals surface area contributed by atoms with Crippen LogP contribution in [0.2, 0.25) is 0 Å². The van der Waals surface area contributed by atoms with Crippen molar-refractivity contribution in [3.05, 3.63) is 65.0 Å². The van der Waals surface area contributed by atoms with Crippen molar-refractivity contribution in [3.8, 4) is 5.75 Å². The lowest BCUT2D eigenvalue weighted by atomic mass is 10.0. The molecule has 36 heavy (non-hydrogen) atoms. The van der Waals surface area contributed by atoms with Crippen LogP contribution in [0.4, 0.5) is 10.1 Å². The Hall–Kier alpha value is -3.76. The van der Waals surface area contributed by atoms with Crippen LogP contribution in [0, 0.1) is 11.2 Å². The summed E-state index contributed by atoms with van der Waals surface area (Å²) < 4.78 is 30.0. The largest absolute Gasteiger partial charge is 0.488 e. The monoisotopic (exact) mass is 498 g/mol. The van der Waals surface area contributed by atoms with Gasteiger partial charge >= 0.3 is 0 Å². The first-order valence-electron chi connectivity index (χ1n) is 11.6. The lowest BCUT2D eigenvalue weighted by Crippen LogP contribution is -2.48. The first-order valence-corrected chi connectivity index (χ1v) is 11.6. The Balaban J connectivity index is 1.71. The molecule has 1 amide bonds. The predicted octanol–water partition coefficient (Wildman–Crippen LogP) is 2.62. The van der Waals surface area contributed by atoms with Gasteiger partial charge in [0.2, 0.25) is 5.78 Å². The van der Waals surface area contributed by atoms with Crippen LogP contribution in [0.1, 0.15) is 34.8 Å². The second-order valence-electron chi connectivity index (χ2n) is 8.26. The number of halogens is 1. The van der Waals surface area contributed by atoms with Crippen molar-refractivity contribution in [3.63, 3.8) is 0 Å². The summed E-state index contributed by atoms with van der Waals surface area (Å²) in [4.78, 5) is 27.4. The number of nitrogens with one attached hydrogen (secondary N) is 1. The number of rotatable bonds is 10. The summed E-state index contributed by atoms with van der Waals surface area (Å²) in [6, 6.07) is 8.80. The molecule has 5 N–H and O–H groups in total. The number of allylic oxidation sites excluding steroid dienone is 1. The van der Waals surface area contributed by atoms with E-state index in [1.165, 1.54) is 13.2 Å². The molecule has 0 bridgehead atoms. The third kappa shape index (κ3) is 6.27. The maximum Gasteiger partial charge on any atom is 0.254 e. The van der Waals surface area contributed by atoms with E-state index >= 15 is 0 Å². The fourth-order valence-corrected chi connectivity index (χ4v) is 3.79. The molecule has 0 spiro atoms. The van der Waals surface area contributed by atoms with Crippen molar-refractivity contribution in [1.29, 1.82) is 5.41 Å². The van der Waals surface area contributed by atoms with E-state index < -0.39 is 17.3 Å². The second-order valence-corrected chi connectivity index (χ2v) is 8.26. The average molecular weight is 499 g/mol. The Labute approximate surface area is 209 Å². The quantitative estimate of drug-likeness (QED) is 0.198.